The van der Waals surface area contributed by atoms with Crippen molar-refractivity contribution in [2.24, 2.45) is 29.1 Å². The summed E-state index contributed by atoms with van der Waals surface area (Å²) in [5.74, 6) is 3.82. The molecule has 0 spiro atoms. The van der Waals surface area contributed by atoms with Gasteiger partial charge in [-0.3, -0.25) is 6.08 Å². The van der Waals surface area contributed by atoms with Crippen LogP contribution in [0.4, 0.5) is 0 Å². The Hall–Kier alpha value is -1.66. The maximum atomic E-state index is 3.57. The van der Waals surface area contributed by atoms with Gasteiger partial charge in [-0.15, -0.1) is 39.7 Å². The summed E-state index contributed by atoms with van der Waals surface area (Å²) in [4.78, 5) is 0. The van der Waals surface area contributed by atoms with Gasteiger partial charge < -0.3 is 24.8 Å². The van der Waals surface area contributed by atoms with Crippen LogP contribution in [0.15, 0.2) is 90.0 Å². The van der Waals surface area contributed by atoms with Gasteiger partial charge in [0.2, 0.25) is 0 Å². The topological polar surface area (TPSA) is 0 Å². The van der Waals surface area contributed by atoms with E-state index in [1.807, 2.05) is 6.07 Å². The Morgan fingerprint density at radius 2 is 1.22 bits per heavy atom. The Bertz CT molecular complexity index is 1690. The van der Waals surface area contributed by atoms with Gasteiger partial charge in [0.1, 0.15) is 0 Å². The van der Waals surface area contributed by atoms with Crippen molar-refractivity contribution >= 4 is 25.3 Å². The number of allylic oxidation sites excluding steroid dienone is 4. The van der Waals surface area contributed by atoms with E-state index in [9.17, 15) is 0 Å². The molecule has 4 aromatic rings. The number of rotatable bonds is 3. The van der Waals surface area contributed by atoms with E-state index in [-0.39, 0.29) is 35.6 Å². The van der Waals surface area contributed by atoms with E-state index >= 15 is 0 Å². The van der Waals surface area contributed by atoms with Gasteiger partial charge in [0, 0.05) is 0 Å². The second-order valence-corrected chi connectivity index (χ2v) is 18.4. The van der Waals surface area contributed by atoms with Crippen molar-refractivity contribution in [1.29, 1.82) is 0 Å². The molecule has 1 atom stereocenters. The third kappa shape index (κ3) is 9.42. The molecular formula is C46H56Cl2Zr-2. The van der Waals surface area contributed by atoms with Crippen LogP contribution in [0.5, 0.6) is 0 Å². The van der Waals surface area contributed by atoms with Crippen LogP contribution >= 0.6 is 0 Å². The Morgan fingerprint density at radius 1 is 0.755 bits per heavy atom. The van der Waals surface area contributed by atoms with Crippen LogP contribution in [0.2, 0.25) is 0 Å². The molecule has 0 N–H and O–H groups in total. The molecule has 0 amide bonds. The number of fused-ring (bicyclic) bond motifs is 3. The summed E-state index contributed by atoms with van der Waals surface area (Å²) >= 11 is 1.46. The minimum atomic E-state index is 0. The Balaban J connectivity index is 0.000000176. The zero-order valence-electron chi connectivity index (χ0n) is 31.1. The van der Waals surface area contributed by atoms with Gasteiger partial charge >= 0.3 is 63.8 Å². The van der Waals surface area contributed by atoms with E-state index in [1.54, 1.807) is 44.1 Å². The van der Waals surface area contributed by atoms with Crippen molar-refractivity contribution in [2.75, 3.05) is 0 Å². The van der Waals surface area contributed by atoms with Gasteiger partial charge in [-0.05, 0) is 72.5 Å². The van der Waals surface area contributed by atoms with E-state index in [0.717, 1.165) is 17.8 Å². The van der Waals surface area contributed by atoms with Gasteiger partial charge in [0.25, 0.3) is 0 Å². The van der Waals surface area contributed by atoms with Crippen LogP contribution in [0, 0.1) is 35.2 Å². The molecule has 0 heterocycles. The van der Waals surface area contributed by atoms with Crippen molar-refractivity contribution in [3.05, 3.63) is 113 Å². The summed E-state index contributed by atoms with van der Waals surface area (Å²) in [5.41, 5.74) is 8.33. The summed E-state index contributed by atoms with van der Waals surface area (Å²) < 4.78 is 2.17. The van der Waals surface area contributed by atoms with Crippen LogP contribution < -0.4 is 24.8 Å². The molecule has 0 nitrogen and oxygen atoms in total. The second-order valence-electron chi connectivity index (χ2n) is 17.6. The molecular weight excluding hydrogens is 715 g/mol. The van der Waals surface area contributed by atoms with E-state index < -0.39 is 0 Å². The average molecular weight is 771 g/mol. The third-order valence-electron chi connectivity index (χ3n) is 11.5. The molecule has 0 saturated heterocycles. The summed E-state index contributed by atoms with van der Waals surface area (Å²) in [5, 5.41) is 5.49. The predicted molar refractivity (Wildman–Crippen MR) is 201 cm³/mol. The van der Waals surface area contributed by atoms with Crippen LogP contribution in [0.1, 0.15) is 117 Å². The Kier molecular flexibility index (Phi) is 13.0. The molecule has 9 rings (SSSR count). The number of benzene rings is 3. The Labute approximate surface area is 325 Å². The van der Waals surface area contributed by atoms with Crippen molar-refractivity contribution in [3.63, 3.8) is 0 Å². The fraction of sp³-hybridized carbons (Fsp3) is 0.478. The van der Waals surface area contributed by atoms with Gasteiger partial charge in [-0.2, -0.15) is 11.6 Å². The first-order valence-electron chi connectivity index (χ1n) is 18.2. The maximum absolute atomic E-state index is 3.57. The Morgan fingerprint density at radius 3 is 1.59 bits per heavy atom. The monoisotopic (exact) mass is 768 g/mol. The number of hydrogen-bond donors (Lipinski definition) is 0. The molecule has 0 aromatic heterocycles. The fourth-order valence-electron chi connectivity index (χ4n) is 9.49. The first kappa shape index (κ1) is 40.1. The molecule has 3 heteroatoms. The van der Waals surface area contributed by atoms with E-state index in [1.165, 1.54) is 74.5 Å². The molecule has 1 unspecified atom stereocenters. The standard InChI is InChI=1S/C21H25.C18H25.C7H6.2ClH.Zr/c1-20(2,3)16-9-7-14-11-15-8-10-17(21(4,5)6)13-19(15)18(14)12-16;1-12-3-13(2)17(4-12)11-18-8-14-5-15(9-18)7-16(6-14)10-18;1-7-5-3-2-4-6-7;;;/h7-13H,1-6H3;4,12,14-16H,5-11H2,1-2H3;1-6H;2*1H;/q2*-1;;;;+2/p-2. The zero-order chi connectivity index (χ0) is 33.6. The molecule has 4 aromatic carbocycles. The number of halogens is 2. The van der Waals surface area contributed by atoms with Gasteiger partial charge in [0.15, 0.2) is 0 Å². The van der Waals surface area contributed by atoms with Crippen LogP contribution in [-0.4, -0.2) is 3.71 Å². The molecule has 260 valence electrons. The van der Waals surface area contributed by atoms with Gasteiger partial charge in [-0.25, -0.2) is 5.57 Å². The quantitative estimate of drug-likeness (QED) is 0.206. The molecule has 4 saturated carbocycles. The zero-order valence-corrected chi connectivity index (χ0v) is 35.1. The second kappa shape index (κ2) is 15.9. The van der Waals surface area contributed by atoms with Crippen molar-refractivity contribution in [2.45, 2.75) is 111 Å². The first-order chi connectivity index (χ1) is 22.2. The summed E-state index contributed by atoms with van der Waals surface area (Å²) in [7, 11) is 0. The molecule has 0 aliphatic heterocycles. The predicted octanol–water partition coefficient (Wildman–Crippen LogP) is 6.62. The molecule has 4 bridgehead atoms. The summed E-state index contributed by atoms with van der Waals surface area (Å²) in [6, 6.07) is 26.5. The molecule has 0 radical (unpaired) electrons. The fourth-order valence-corrected chi connectivity index (χ4v) is 9.96. The minimum absolute atomic E-state index is 0. The number of hydrogen-bond acceptors (Lipinski definition) is 0. The first-order valence-corrected chi connectivity index (χ1v) is 19.6. The van der Waals surface area contributed by atoms with E-state index in [2.05, 4.69) is 138 Å². The summed E-state index contributed by atoms with van der Waals surface area (Å²) in [6.07, 6.45) is 16.7. The average Bonchev–Trinajstić information content (AvgIpc) is 3.53. The molecule has 5 aliphatic carbocycles. The van der Waals surface area contributed by atoms with Gasteiger partial charge in [-0.1, -0.05) is 103 Å². The SMILES string of the molecule is CC(C)(C)c1ccc2[cH-]c3ccc(C(C)(C)C)cc3c2c1.CC1=[C-]C(C)C=C1CC12CC3CC(CC(C3)C1)C2.[Cl-].[Cl-].[Zr+2]=[CH]c1ccccc1. The normalized spacial score (nSPS) is 25.3. The molecule has 49 heavy (non-hydrogen) atoms. The van der Waals surface area contributed by atoms with Crippen molar-refractivity contribution in [1.82, 2.24) is 0 Å². The van der Waals surface area contributed by atoms with Crippen LogP contribution in [-0.2, 0) is 35.1 Å². The van der Waals surface area contributed by atoms with Crippen LogP contribution in [0.25, 0.3) is 21.5 Å². The van der Waals surface area contributed by atoms with E-state index in [0.29, 0.717) is 11.3 Å². The molecule has 4 fully saturated rings. The summed E-state index contributed by atoms with van der Waals surface area (Å²) in [6.45, 7) is 18.2. The van der Waals surface area contributed by atoms with Crippen molar-refractivity contribution in [3.8, 4) is 0 Å². The van der Waals surface area contributed by atoms with Crippen LogP contribution in [0.3, 0.4) is 0 Å². The van der Waals surface area contributed by atoms with Gasteiger partial charge in [0.05, 0.1) is 0 Å². The third-order valence-corrected chi connectivity index (χ3v) is 12.3. The molecule has 5 aliphatic rings. The van der Waals surface area contributed by atoms with Crippen molar-refractivity contribution < 1.29 is 49.0 Å². The van der Waals surface area contributed by atoms with E-state index in [4.69, 9.17) is 0 Å².